The summed E-state index contributed by atoms with van der Waals surface area (Å²) in [6.45, 7) is 8.21. The van der Waals surface area contributed by atoms with Crippen LogP contribution in [-0.4, -0.2) is 24.5 Å². The van der Waals surface area contributed by atoms with E-state index in [0.717, 1.165) is 5.92 Å². The maximum Gasteiger partial charge on any atom is 0.0202 e. The van der Waals surface area contributed by atoms with Crippen molar-refractivity contribution >= 4 is 18.0 Å². The van der Waals surface area contributed by atoms with Gasteiger partial charge < -0.3 is 0 Å². The fourth-order valence-corrected chi connectivity index (χ4v) is 3.21. The smallest absolute Gasteiger partial charge is 0.0202 e. The summed E-state index contributed by atoms with van der Waals surface area (Å²) in [5.41, 5.74) is 6.28. The first-order chi connectivity index (χ1) is 7.79. The molecule has 1 aromatic carbocycles. The lowest BCUT2D eigenvalue weighted by Crippen LogP contribution is -2.20. The second-order valence-corrected chi connectivity index (χ2v) is 5.04. The van der Waals surface area contributed by atoms with Crippen molar-refractivity contribution in [3.05, 3.63) is 41.0 Å². The van der Waals surface area contributed by atoms with Gasteiger partial charge in [0.05, 0.1) is 0 Å². The van der Waals surface area contributed by atoms with E-state index in [1.54, 1.807) is 16.7 Å². The third-order valence-corrected chi connectivity index (χ3v) is 4.18. The zero-order chi connectivity index (χ0) is 11.1. The van der Waals surface area contributed by atoms with Crippen LogP contribution in [0, 0.1) is 5.92 Å². The quantitative estimate of drug-likeness (QED) is 0.738. The molecule has 2 heteroatoms. The van der Waals surface area contributed by atoms with Gasteiger partial charge in [0.25, 0.3) is 0 Å². The standard InChI is InChI=1S/C15H19N.ClH/c1-3-16-9-13-8-12-6-4-5-7-14(12)11(2)15(13)10-16;/h4-7,13H,3,8-10H2,1-2H3;1H. The van der Waals surface area contributed by atoms with Gasteiger partial charge in [-0.3, -0.25) is 4.90 Å². The first-order valence-electron chi connectivity index (χ1n) is 6.30. The van der Waals surface area contributed by atoms with E-state index in [1.807, 2.05) is 0 Å². The highest BCUT2D eigenvalue weighted by molar-refractivity contribution is 5.85. The number of likely N-dealkylation sites (tertiary alicyclic amines) is 1. The largest absolute Gasteiger partial charge is 0.299 e. The van der Waals surface area contributed by atoms with E-state index >= 15 is 0 Å². The highest BCUT2D eigenvalue weighted by Crippen LogP contribution is 2.38. The molecule has 3 rings (SSSR count). The Labute approximate surface area is 110 Å². The lowest BCUT2D eigenvalue weighted by Gasteiger charge is -2.23. The van der Waals surface area contributed by atoms with E-state index in [4.69, 9.17) is 0 Å². The van der Waals surface area contributed by atoms with Gasteiger partial charge in [-0.1, -0.05) is 31.2 Å². The molecule has 0 N–H and O–H groups in total. The molecule has 0 amide bonds. The summed E-state index contributed by atoms with van der Waals surface area (Å²) >= 11 is 0. The molecule has 1 atom stereocenters. The zero-order valence-corrected chi connectivity index (χ0v) is 11.4. The van der Waals surface area contributed by atoms with Crippen LogP contribution in [0.2, 0.25) is 0 Å². The molecule has 1 aliphatic heterocycles. The molecule has 0 radical (unpaired) electrons. The van der Waals surface area contributed by atoms with Crippen LogP contribution in [0.15, 0.2) is 29.8 Å². The van der Waals surface area contributed by atoms with E-state index in [2.05, 4.69) is 43.0 Å². The number of nitrogens with zero attached hydrogens (tertiary/aromatic N) is 1. The minimum atomic E-state index is 0. The molecule has 17 heavy (non-hydrogen) atoms. The fourth-order valence-electron chi connectivity index (χ4n) is 3.21. The summed E-state index contributed by atoms with van der Waals surface area (Å²) in [5.74, 6) is 0.787. The van der Waals surface area contributed by atoms with Crippen LogP contribution in [0.3, 0.4) is 0 Å². The van der Waals surface area contributed by atoms with Crippen molar-refractivity contribution < 1.29 is 0 Å². The molecule has 1 saturated heterocycles. The van der Waals surface area contributed by atoms with Crippen LogP contribution in [0.1, 0.15) is 25.0 Å². The van der Waals surface area contributed by atoms with Crippen molar-refractivity contribution in [1.82, 2.24) is 4.90 Å². The van der Waals surface area contributed by atoms with Crippen LogP contribution in [0.5, 0.6) is 0 Å². The third-order valence-electron chi connectivity index (χ3n) is 4.18. The molecule has 92 valence electrons. The van der Waals surface area contributed by atoms with Gasteiger partial charge in [-0.25, -0.2) is 0 Å². The van der Waals surface area contributed by atoms with E-state index in [1.165, 1.54) is 31.6 Å². The minimum absolute atomic E-state index is 0. The van der Waals surface area contributed by atoms with Gasteiger partial charge in [0.1, 0.15) is 0 Å². The third kappa shape index (κ3) is 2.02. The molecule has 0 bridgehead atoms. The Bertz CT molecular complexity index is 450. The Balaban J connectivity index is 0.00000108. The number of benzene rings is 1. The second-order valence-electron chi connectivity index (χ2n) is 5.04. The maximum absolute atomic E-state index is 2.56. The molecule has 1 nitrogen and oxygen atoms in total. The summed E-state index contributed by atoms with van der Waals surface area (Å²) in [6, 6.07) is 8.91. The monoisotopic (exact) mass is 249 g/mol. The van der Waals surface area contributed by atoms with Crippen molar-refractivity contribution in [3.8, 4) is 0 Å². The molecule has 1 aromatic rings. The molecule has 1 aliphatic carbocycles. The van der Waals surface area contributed by atoms with E-state index in [0.29, 0.717) is 0 Å². The van der Waals surface area contributed by atoms with Gasteiger partial charge >= 0.3 is 0 Å². The molecule has 1 fully saturated rings. The molecule has 1 unspecified atom stereocenters. The average Bonchev–Trinajstić information content (AvgIpc) is 2.73. The van der Waals surface area contributed by atoms with Crippen molar-refractivity contribution in [2.24, 2.45) is 5.92 Å². The Hall–Kier alpha value is -0.790. The van der Waals surface area contributed by atoms with Gasteiger partial charge in [-0.2, -0.15) is 0 Å². The van der Waals surface area contributed by atoms with Crippen LogP contribution in [0.25, 0.3) is 5.57 Å². The number of halogens is 1. The number of likely N-dealkylation sites (N-methyl/N-ethyl adjacent to an activating group) is 1. The Morgan fingerprint density at radius 3 is 2.82 bits per heavy atom. The van der Waals surface area contributed by atoms with E-state index in [-0.39, 0.29) is 12.4 Å². The molecule has 0 aromatic heterocycles. The number of hydrogen-bond donors (Lipinski definition) is 0. The number of rotatable bonds is 1. The predicted molar refractivity (Wildman–Crippen MR) is 75.6 cm³/mol. The lowest BCUT2D eigenvalue weighted by molar-refractivity contribution is 0.342. The summed E-state index contributed by atoms with van der Waals surface area (Å²) in [6.07, 6.45) is 1.25. The number of fused-ring (bicyclic) bond motifs is 2. The van der Waals surface area contributed by atoms with Gasteiger partial charge in [-0.05, 0) is 48.1 Å². The minimum Gasteiger partial charge on any atom is -0.299 e. The van der Waals surface area contributed by atoms with Crippen LogP contribution >= 0.6 is 12.4 Å². The highest BCUT2D eigenvalue weighted by atomic mass is 35.5. The summed E-state index contributed by atoms with van der Waals surface area (Å²) in [7, 11) is 0. The first kappa shape index (κ1) is 12.7. The van der Waals surface area contributed by atoms with Crippen LogP contribution in [-0.2, 0) is 6.42 Å². The molecule has 0 spiro atoms. The summed E-state index contributed by atoms with van der Waals surface area (Å²) < 4.78 is 0. The summed E-state index contributed by atoms with van der Waals surface area (Å²) in [5, 5.41) is 0. The molecule has 2 aliphatic rings. The number of hydrogen-bond acceptors (Lipinski definition) is 1. The second kappa shape index (κ2) is 4.83. The molecular formula is C15H20ClN. The van der Waals surface area contributed by atoms with E-state index < -0.39 is 0 Å². The van der Waals surface area contributed by atoms with Crippen molar-refractivity contribution in [2.45, 2.75) is 20.3 Å². The first-order valence-corrected chi connectivity index (χ1v) is 6.30. The Kier molecular flexibility index (Phi) is 3.60. The summed E-state index contributed by atoms with van der Waals surface area (Å²) in [4.78, 5) is 2.56. The fraction of sp³-hybridized carbons (Fsp3) is 0.467. The van der Waals surface area contributed by atoms with Crippen molar-refractivity contribution in [1.29, 1.82) is 0 Å². The molecule has 0 saturated carbocycles. The van der Waals surface area contributed by atoms with E-state index in [9.17, 15) is 0 Å². The van der Waals surface area contributed by atoms with Gasteiger partial charge in [-0.15, -0.1) is 12.4 Å². The van der Waals surface area contributed by atoms with Crippen LogP contribution in [0.4, 0.5) is 0 Å². The SMILES string of the molecule is CCN1CC2=C(C)c3ccccc3CC2C1.Cl. The van der Waals surface area contributed by atoms with Gasteiger partial charge in [0.15, 0.2) is 0 Å². The van der Waals surface area contributed by atoms with Crippen molar-refractivity contribution in [2.75, 3.05) is 19.6 Å². The zero-order valence-electron chi connectivity index (χ0n) is 10.6. The predicted octanol–water partition coefficient (Wildman–Crippen LogP) is 3.39. The Morgan fingerprint density at radius 1 is 1.29 bits per heavy atom. The lowest BCUT2D eigenvalue weighted by atomic mass is 9.81. The number of allylic oxidation sites excluding steroid dienone is 1. The normalized spacial score (nSPS) is 23.1. The Morgan fingerprint density at radius 2 is 2.06 bits per heavy atom. The molecular weight excluding hydrogens is 230 g/mol. The average molecular weight is 250 g/mol. The van der Waals surface area contributed by atoms with Crippen molar-refractivity contribution in [3.63, 3.8) is 0 Å². The maximum atomic E-state index is 2.56. The van der Waals surface area contributed by atoms with Gasteiger partial charge in [0.2, 0.25) is 0 Å². The topological polar surface area (TPSA) is 3.24 Å². The van der Waals surface area contributed by atoms with Gasteiger partial charge in [0, 0.05) is 13.1 Å². The van der Waals surface area contributed by atoms with Crippen LogP contribution < -0.4 is 0 Å². The molecule has 1 heterocycles. The highest BCUT2D eigenvalue weighted by Gasteiger charge is 2.31.